The predicted octanol–water partition coefficient (Wildman–Crippen LogP) is 0.575. The lowest BCUT2D eigenvalue weighted by Crippen LogP contribution is -2.04. The van der Waals surface area contributed by atoms with Crippen molar-refractivity contribution in [2.75, 3.05) is 0 Å². The summed E-state index contributed by atoms with van der Waals surface area (Å²) in [6, 6.07) is 0. The van der Waals surface area contributed by atoms with Gasteiger partial charge in [0.25, 0.3) is 0 Å². The zero-order valence-electron chi connectivity index (χ0n) is 8.12. The van der Waals surface area contributed by atoms with Crippen LogP contribution in [0.15, 0.2) is 12.5 Å². The molecule has 0 aliphatic carbocycles. The molecule has 1 N–H and O–H groups in total. The summed E-state index contributed by atoms with van der Waals surface area (Å²) in [5.74, 6) is -1.25. The Morgan fingerprint density at radius 1 is 1.56 bits per heavy atom. The first-order chi connectivity index (χ1) is 7.52. The summed E-state index contributed by atoms with van der Waals surface area (Å²) in [4.78, 5) is 28.3. The number of nitro groups is 1. The molecule has 2 aromatic heterocycles. The highest BCUT2D eigenvalue weighted by Crippen LogP contribution is 2.26. The van der Waals surface area contributed by atoms with Gasteiger partial charge >= 0.3 is 11.7 Å². The summed E-state index contributed by atoms with van der Waals surface area (Å²) in [5, 5.41) is 19.6. The van der Waals surface area contributed by atoms with E-state index in [1.54, 1.807) is 0 Å². The highest BCUT2D eigenvalue weighted by atomic mass is 16.6. The van der Waals surface area contributed by atoms with Gasteiger partial charge in [-0.2, -0.15) is 0 Å². The zero-order valence-corrected chi connectivity index (χ0v) is 8.12. The Labute approximate surface area is 88.3 Å². The Kier molecular flexibility index (Phi) is 2.04. The van der Waals surface area contributed by atoms with Gasteiger partial charge in [-0.3, -0.25) is 10.1 Å². The minimum atomic E-state index is -1.25. The van der Waals surface area contributed by atoms with E-state index in [1.165, 1.54) is 17.8 Å². The number of carboxylic acid groups (broad SMARTS) is 1. The molecule has 0 amide bonds. The van der Waals surface area contributed by atoms with Crippen LogP contribution < -0.4 is 0 Å². The molecule has 0 spiro atoms. The molecule has 0 saturated carbocycles. The van der Waals surface area contributed by atoms with E-state index in [4.69, 9.17) is 5.11 Å². The van der Waals surface area contributed by atoms with E-state index in [0.29, 0.717) is 0 Å². The van der Waals surface area contributed by atoms with Gasteiger partial charge in [0.05, 0.1) is 11.1 Å². The molecule has 0 fully saturated rings. The third-order valence-corrected chi connectivity index (χ3v) is 2.13. The highest BCUT2D eigenvalue weighted by molar-refractivity contribution is 6.01. The second-order valence-electron chi connectivity index (χ2n) is 3.11. The first kappa shape index (κ1) is 10.0. The molecule has 0 bridgehead atoms. The van der Waals surface area contributed by atoms with Gasteiger partial charge in [-0.15, -0.1) is 0 Å². The van der Waals surface area contributed by atoms with Gasteiger partial charge in [0, 0.05) is 7.05 Å². The second kappa shape index (κ2) is 3.26. The van der Waals surface area contributed by atoms with E-state index >= 15 is 0 Å². The number of carbonyl (C=O) groups is 1. The van der Waals surface area contributed by atoms with Crippen molar-refractivity contribution < 1.29 is 14.8 Å². The number of rotatable bonds is 2. The van der Waals surface area contributed by atoms with Crippen molar-refractivity contribution in [2.45, 2.75) is 0 Å². The van der Waals surface area contributed by atoms with Gasteiger partial charge in [0.2, 0.25) is 0 Å². The van der Waals surface area contributed by atoms with Crippen LogP contribution >= 0.6 is 0 Å². The van der Waals surface area contributed by atoms with Crippen LogP contribution in [0.1, 0.15) is 10.5 Å². The van der Waals surface area contributed by atoms with E-state index in [-0.39, 0.29) is 22.4 Å². The first-order valence-electron chi connectivity index (χ1n) is 4.20. The molecule has 8 heteroatoms. The lowest BCUT2D eigenvalue weighted by Gasteiger charge is -1.97. The summed E-state index contributed by atoms with van der Waals surface area (Å²) in [6.45, 7) is 0. The molecule has 0 aliphatic heterocycles. The van der Waals surface area contributed by atoms with Crippen LogP contribution in [0, 0.1) is 10.1 Å². The Hall–Kier alpha value is -2.51. The van der Waals surface area contributed by atoms with Crippen molar-refractivity contribution in [1.82, 2.24) is 14.5 Å². The quantitative estimate of drug-likeness (QED) is 0.587. The molecule has 8 nitrogen and oxygen atoms in total. The van der Waals surface area contributed by atoms with Crippen LogP contribution in [0.25, 0.3) is 11.0 Å². The standard InChI is InChI=1S/C8H6N4O4/c1-11-2-4(12(15)16)5-7(11)6(8(13)14)10-3-9-5/h2-3H,1H3,(H,13,14). The van der Waals surface area contributed by atoms with Crippen molar-refractivity contribution in [3.05, 3.63) is 28.3 Å². The van der Waals surface area contributed by atoms with Gasteiger partial charge in [-0.1, -0.05) is 0 Å². The van der Waals surface area contributed by atoms with Gasteiger partial charge in [-0.05, 0) is 0 Å². The molecular weight excluding hydrogens is 216 g/mol. The number of aryl methyl sites for hydroxylation is 1. The SMILES string of the molecule is Cn1cc([N+](=O)[O-])c2ncnc(C(=O)O)c21. The molecule has 2 rings (SSSR count). The molecule has 0 saturated heterocycles. The minimum Gasteiger partial charge on any atom is -0.476 e. The number of aromatic carboxylic acids is 1. The number of nitrogens with zero attached hydrogens (tertiary/aromatic N) is 4. The van der Waals surface area contributed by atoms with Crippen LogP contribution in [-0.4, -0.2) is 30.5 Å². The first-order valence-corrected chi connectivity index (χ1v) is 4.20. The maximum Gasteiger partial charge on any atom is 0.356 e. The molecule has 2 aromatic rings. The van der Waals surface area contributed by atoms with Gasteiger partial charge in [0.1, 0.15) is 11.8 Å². The molecule has 16 heavy (non-hydrogen) atoms. The number of hydrogen-bond acceptors (Lipinski definition) is 5. The Balaban J connectivity index is 2.90. The fourth-order valence-corrected chi connectivity index (χ4v) is 1.50. The summed E-state index contributed by atoms with van der Waals surface area (Å²) >= 11 is 0. The van der Waals surface area contributed by atoms with Crippen molar-refractivity contribution in [3.63, 3.8) is 0 Å². The average molecular weight is 222 g/mol. The van der Waals surface area contributed by atoms with Crippen LogP contribution in [0.2, 0.25) is 0 Å². The van der Waals surface area contributed by atoms with Crippen molar-refractivity contribution >= 4 is 22.7 Å². The van der Waals surface area contributed by atoms with E-state index in [0.717, 1.165) is 6.33 Å². The largest absolute Gasteiger partial charge is 0.476 e. The third-order valence-electron chi connectivity index (χ3n) is 2.13. The van der Waals surface area contributed by atoms with Gasteiger partial charge < -0.3 is 9.67 Å². The Morgan fingerprint density at radius 2 is 2.25 bits per heavy atom. The van der Waals surface area contributed by atoms with E-state index < -0.39 is 10.9 Å². The van der Waals surface area contributed by atoms with Crippen molar-refractivity contribution in [3.8, 4) is 0 Å². The molecule has 0 radical (unpaired) electrons. The van der Waals surface area contributed by atoms with Crippen LogP contribution in [0.4, 0.5) is 5.69 Å². The molecule has 0 atom stereocenters. The number of aromatic nitrogens is 3. The van der Waals surface area contributed by atoms with Crippen LogP contribution in [-0.2, 0) is 7.05 Å². The maximum absolute atomic E-state index is 10.9. The van der Waals surface area contributed by atoms with E-state index in [2.05, 4.69) is 9.97 Å². The van der Waals surface area contributed by atoms with Crippen LogP contribution in [0.3, 0.4) is 0 Å². The van der Waals surface area contributed by atoms with E-state index in [9.17, 15) is 14.9 Å². The number of fused-ring (bicyclic) bond motifs is 1. The average Bonchev–Trinajstić information content (AvgIpc) is 2.56. The second-order valence-corrected chi connectivity index (χ2v) is 3.11. The van der Waals surface area contributed by atoms with Crippen molar-refractivity contribution in [1.29, 1.82) is 0 Å². The molecule has 2 heterocycles. The van der Waals surface area contributed by atoms with E-state index in [1.807, 2.05) is 0 Å². The molecule has 82 valence electrons. The fourth-order valence-electron chi connectivity index (χ4n) is 1.50. The van der Waals surface area contributed by atoms with Crippen LogP contribution in [0.5, 0.6) is 0 Å². The topological polar surface area (TPSA) is 111 Å². The molecule has 0 aliphatic rings. The smallest absolute Gasteiger partial charge is 0.356 e. The monoisotopic (exact) mass is 222 g/mol. The summed E-state index contributed by atoms with van der Waals surface area (Å²) < 4.78 is 1.33. The number of carboxylic acids is 1. The molecular formula is C8H6N4O4. The number of hydrogen-bond donors (Lipinski definition) is 1. The van der Waals surface area contributed by atoms with Gasteiger partial charge in [-0.25, -0.2) is 14.8 Å². The fraction of sp³-hybridized carbons (Fsp3) is 0.125. The predicted molar refractivity (Wildman–Crippen MR) is 52.1 cm³/mol. The van der Waals surface area contributed by atoms with Gasteiger partial charge in [0.15, 0.2) is 11.2 Å². The minimum absolute atomic E-state index is 0.0277. The zero-order chi connectivity index (χ0) is 11.9. The normalized spacial score (nSPS) is 10.6. The summed E-state index contributed by atoms with van der Waals surface area (Å²) in [5.41, 5.74) is -0.315. The molecule has 0 unspecified atom stereocenters. The highest BCUT2D eigenvalue weighted by Gasteiger charge is 2.23. The Bertz CT molecular complexity index is 603. The summed E-state index contributed by atoms with van der Waals surface area (Å²) in [6.07, 6.45) is 2.21. The van der Waals surface area contributed by atoms with Crippen molar-refractivity contribution in [2.24, 2.45) is 7.05 Å². The molecule has 0 aromatic carbocycles. The Morgan fingerprint density at radius 3 is 2.81 bits per heavy atom. The maximum atomic E-state index is 10.9. The lowest BCUT2D eigenvalue weighted by molar-refractivity contribution is -0.383. The lowest BCUT2D eigenvalue weighted by atomic mass is 10.3. The summed E-state index contributed by atoms with van der Waals surface area (Å²) in [7, 11) is 1.51. The third kappa shape index (κ3) is 1.28.